The first-order valence-corrected chi connectivity index (χ1v) is 5.64. The third-order valence-corrected chi connectivity index (χ3v) is 2.39. The second kappa shape index (κ2) is 6.00. The van der Waals surface area contributed by atoms with Crippen LogP contribution in [0.25, 0.3) is 11.6 Å². The Morgan fingerprint density at radius 3 is 1.00 bits per heavy atom. The Labute approximate surface area is 115 Å². The molecule has 0 fully saturated rings. The van der Waals surface area contributed by atoms with Crippen LogP contribution < -0.4 is 18.9 Å². The van der Waals surface area contributed by atoms with E-state index in [1.807, 2.05) is 0 Å². The van der Waals surface area contributed by atoms with E-state index in [9.17, 15) is 0 Å². The molecule has 0 unspecified atom stereocenters. The number of hydrogen-bond donors (Lipinski definition) is 0. The fourth-order valence-corrected chi connectivity index (χ4v) is 1.43. The minimum Gasteiger partial charge on any atom is -0.481 e. The molecule has 0 atom stereocenters. The summed E-state index contributed by atoms with van der Waals surface area (Å²) in [6, 6.07) is 3.11. The Kier molecular flexibility index (Phi) is 4.14. The third kappa shape index (κ3) is 2.85. The molecule has 0 saturated heterocycles. The van der Waals surface area contributed by atoms with Crippen LogP contribution in [0.15, 0.2) is 12.1 Å². The van der Waals surface area contributed by atoms with Crippen LogP contribution in [0, 0.1) is 0 Å². The minimum atomic E-state index is 0.249. The molecule has 0 aliphatic carbocycles. The largest absolute Gasteiger partial charge is 0.481 e. The first-order chi connectivity index (χ1) is 9.69. The van der Waals surface area contributed by atoms with E-state index in [-0.39, 0.29) is 11.6 Å². The molecule has 0 saturated carbocycles. The summed E-state index contributed by atoms with van der Waals surface area (Å²) in [7, 11) is 5.99. The maximum Gasteiger partial charge on any atom is 0.220 e. The van der Waals surface area contributed by atoms with E-state index >= 15 is 0 Å². The van der Waals surface area contributed by atoms with Gasteiger partial charge in [0, 0.05) is 0 Å². The van der Waals surface area contributed by atoms with Crippen molar-refractivity contribution in [1.82, 2.24) is 19.9 Å². The molecule has 0 aliphatic heterocycles. The summed E-state index contributed by atoms with van der Waals surface area (Å²) in [5.74, 6) is 1.88. The number of nitrogens with zero attached hydrogens (tertiary/aromatic N) is 4. The third-order valence-electron chi connectivity index (χ3n) is 2.39. The molecule has 0 bridgehead atoms. The Hall–Kier alpha value is -2.64. The topological polar surface area (TPSA) is 88.5 Å². The van der Waals surface area contributed by atoms with Crippen molar-refractivity contribution in [3.8, 4) is 35.2 Å². The molecule has 0 aromatic carbocycles. The molecule has 8 nitrogen and oxygen atoms in total. The standard InChI is InChI=1S/C12H14N4O4/c1-17-7-5-8(18-2)14-11(13-7)12-15-9(19-3)6-10(16-12)20-4/h5-6H,1-4H3. The minimum absolute atomic E-state index is 0.249. The lowest BCUT2D eigenvalue weighted by Crippen LogP contribution is -2.02. The molecule has 0 amide bonds. The van der Waals surface area contributed by atoms with Gasteiger partial charge in [-0.1, -0.05) is 0 Å². The van der Waals surface area contributed by atoms with Crippen molar-refractivity contribution in [1.29, 1.82) is 0 Å². The van der Waals surface area contributed by atoms with Crippen LogP contribution >= 0.6 is 0 Å². The molecular weight excluding hydrogens is 264 g/mol. The van der Waals surface area contributed by atoms with Gasteiger partial charge in [-0.2, -0.15) is 19.9 Å². The fraction of sp³-hybridized carbons (Fsp3) is 0.333. The summed E-state index contributed by atoms with van der Waals surface area (Å²) in [4.78, 5) is 16.7. The predicted octanol–water partition coefficient (Wildman–Crippen LogP) is 0.968. The number of aromatic nitrogens is 4. The summed E-state index contributed by atoms with van der Waals surface area (Å²) in [5.41, 5.74) is 0. The van der Waals surface area contributed by atoms with Crippen molar-refractivity contribution in [3.63, 3.8) is 0 Å². The highest BCUT2D eigenvalue weighted by Gasteiger charge is 2.13. The molecule has 0 N–H and O–H groups in total. The molecule has 2 rings (SSSR count). The second-order valence-electron chi connectivity index (χ2n) is 3.55. The maximum atomic E-state index is 5.08. The first-order valence-electron chi connectivity index (χ1n) is 5.64. The van der Waals surface area contributed by atoms with E-state index in [1.54, 1.807) is 12.1 Å². The number of methoxy groups -OCH3 is 4. The van der Waals surface area contributed by atoms with E-state index in [1.165, 1.54) is 28.4 Å². The van der Waals surface area contributed by atoms with Gasteiger partial charge in [-0.3, -0.25) is 0 Å². The summed E-state index contributed by atoms with van der Waals surface area (Å²) >= 11 is 0. The molecule has 20 heavy (non-hydrogen) atoms. The zero-order valence-electron chi connectivity index (χ0n) is 11.6. The normalized spacial score (nSPS) is 10.0. The van der Waals surface area contributed by atoms with Gasteiger partial charge in [-0.15, -0.1) is 0 Å². The fourth-order valence-electron chi connectivity index (χ4n) is 1.43. The molecular formula is C12H14N4O4. The average molecular weight is 278 g/mol. The van der Waals surface area contributed by atoms with Gasteiger partial charge in [-0.25, -0.2) is 0 Å². The Bertz CT molecular complexity index is 508. The van der Waals surface area contributed by atoms with Gasteiger partial charge in [0.2, 0.25) is 35.2 Å². The van der Waals surface area contributed by atoms with Crippen molar-refractivity contribution >= 4 is 0 Å². The van der Waals surface area contributed by atoms with E-state index < -0.39 is 0 Å². The van der Waals surface area contributed by atoms with Gasteiger partial charge in [0.15, 0.2) is 0 Å². The van der Waals surface area contributed by atoms with Crippen LogP contribution in [0.5, 0.6) is 23.5 Å². The highest BCUT2D eigenvalue weighted by molar-refractivity contribution is 5.48. The summed E-state index contributed by atoms with van der Waals surface area (Å²) in [5, 5.41) is 0. The van der Waals surface area contributed by atoms with Crippen LogP contribution in [0.1, 0.15) is 0 Å². The van der Waals surface area contributed by atoms with Crippen LogP contribution in [0.3, 0.4) is 0 Å². The second-order valence-corrected chi connectivity index (χ2v) is 3.55. The summed E-state index contributed by atoms with van der Waals surface area (Å²) in [6.07, 6.45) is 0. The first kappa shape index (κ1) is 13.8. The van der Waals surface area contributed by atoms with E-state index in [2.05, 4.69) is 19.9 Å². The molecule has 2 aromatic rings. The van der Waals surface area contributed by atoms with E-state index in [0.29, 0.717) is 23.5 Å². The number of hydrogen-bond acceptors (Lipinski definition) is 8. The monoisotopic (exact) mass is 278 g/mol. The lowest BCUT2D eigenvalue weighted by atomic mass is 10.4. The number of ether oxygens (including phenoxy) is 4. The molecule has 2 heterocycles. The smallest absolute Gasteiger partial charge is 0.220 e. The van der Waals surface area contributed by atoms with Gasteiger partial charge >= 0.3 is 0 Å². The quantitative estimate of drug-likeness (QED) is 0.799. The highest BCUT2D eigenvalue weighted by atomic mass is 16.5. The highest BCUT2D eigenvalue weighted by Crippen LogP contribution is 2.23. The maximum absolute atomic E-state index is 5.08. The van der Waals surface area contributed by atoms with Crippen molar-refractivity contribution in [2.24, 2.45) is 0 Å². The van der Waals surface area contributed by atoms with Gasteiger partial charge in [0.05, 0.1) is 40.6 Å². The zero-order chi connectivity index (χ0) is 14.5. The van der Waals surface area contributed by atoms with Crippen molar-refractivity contribution < 1.29 is 18.9 Å². The van der Waals surface area contributed by atoms with Crippen LogP contribution in [-0.2, 0) is 0 Å². The summed E-state index contributed by atoms with van der Waals surface area (Å²) < 4.78 is 20.3. The van der Waals surface area contributed by atoms with Crippen molar-refractivity contribution in [2.75, 3.05) is 28.4 Å². The Balaban J connectivity index is 2.54. The SMILES string of the molecule is COc1cc(OC)nc(-c2nc(OC)cc(OC)n2)n1. The number of rotatable bonds is 5. The van der Waals surface area contributed by atoms with Gasteiger partial charge in [0.25, 0.3) is 0 Å². The summed E-state index contributed by atoms with van der Waals surface area (Å²) in [6.45, 7) is 0. The zero-order valence-corrected chi connectivity index (χ0v) is 11.6. The van der Waals surface area contributed by atoms with Crippen molar-refractivity contribution in [3.05, 3.63) is 12.1 Å². The van der Waals surface area contributed by atoms with Crippen LogP contribution in [0.2, 0.25) is 0 Å². The van der Waals surface area contributed by atoms with Crippen molar-refractivity contribution in [2.45, 2.75) is 0 Å². The molecule has 8 heteroatoms. The van der Waals surface area contributed by atoms with Gasteiger partial charge < -0.3 is 18.9 Å². The molecule has 106 valence electrons. The lowest BCUT2D eigenvalue weighted by molar-refractivity contribution is 0.368. The lowest BCUT2D eigenvalue weighted by Gasteiger charge is -2.07. The van der Waals surface area contributed by atoms with Crippen LogP contribution in [0.4, 0.5) is 0 Å². The Morgan fingerprint density at radius 1 is 0.550 bits per heavy atom. The predicted molar refractivity (Wildman–Crippen MR) is 69.3 cm³/mol. The van der Waals surface area contributed by atoms with E-state index in [0.717, 1.165) is 0 Å². The molecule has 2 aromatic heterocycles. The Morgan fingerprint density at radius 2 is 0.800 bits per heavy atom. The van der Waals surface area contributed by atoms with E-state index in [4.69, 9.17) is 18.9 Å². The van der Waals surface area contributed by atoms with Gasteiger partial charge in [-0.05, 0) is 0 Å². The molecule has 0 radical (unpaired) electrons. The van der Waals surface area contributed by atoms with Gasteiger partial charge in [0.1, 0.15) is 0 Å². The molecule has 0 spiro atoms. The van der Waals surface area contributed by atoms with Crippen LogP contribution in [-0.4, -0.2) is 48.4 Å². The average Bonchev–Trinajstić information content (AvgIpc) is 2.53. The molecule has 0 aliphatic rings.